The van der Waals surface area contributed by atoms with E-state index >= 15 is 4.39 Å². The Labute approximate surface area is 228 Å². The summed E-state index contributed by atoms with van der Waals surface area (Å²) in [7, 11) is 2.02. The van der Waals surface area contributed by atoms with Gasteiger partial charge in [0, 0.05) is 43.3 Å². The van der Waals surface area contributed by atoms with E-state index < -0.39 is 17.1 Å². The smallest absolute Gasteiger partial charge is 0.231 e. The van der Waals surface area contributed by atoms with Gasteiger partial charge in [-0.15, -0.1) is 0 Å². The van der Waals surface area contributed by atoms with Crippen LogP contribution in [0.15, 0.2) is 76.2 Å². The molecule has 10 heteroatoms. The maximum atomic E-state index is 15.5. The predicted octanol–water partition coefficient (Wildman–Crippen LogP) is 4.86. The van der Waals surface area contributed by atoms with Crippen molar-refractivity contribution in [1.29, 1.82) is 0 Å². The lowest BCUT2D eigenvalue weighted by Crippen LogP contribution is -2.44. The fourth-order valence-corrected chi connectivity index (χ4v) is 5.00. The van der Waals surface area contributed by atoms with Gasteiger partial charge in [0.15, 0.2) is 0 Å². The van der Waals surface area contributed by atoms with Crippen LogP contribution in [0.5, 0.6) is 0 Å². The molecule has 0 bridgehead atoms. The Balaban J connectivity index is 1.45. The summed E-state index contributed by atoms with van der Waals surface area (Å²) >= 11 is 0. The Hall–Kier alpha value is -4.44. The van der Waals surface area contributed by atoms with E-state index in [-0.39, 0.29) is 41.4 Å². The molecule has 5 aromatic rings. The normalized spacial score (nSPS) is 14.2. The zero-order chi connectivity index (χ0) is 27.8. The quantitative estimate of drug-likeness (QED) is 0.304. The minimum absolute atomic E-state index is 0.0369. The van der Waals surface area contributed by atoms with Gasteiger partial charge in [0.2, 0.25) is 17.1 Å². The summed E-state index contributed by atoms with van der Waals surface area (Å²) in [5.41, 5.74) is 1.68. The molecule has 1 fully saturated rings. The monoisotopic (exact) mass is 545 g/mol. The molecule has 0 amide bonds. The summed E-state index contributed by atoms with van der Waals surface area (Å²) in [6, 6.07) is 15.2. The number of nitrogens with zero attached hydrogens (tertiary/aromatic N) is 5. The average molecular weight is 546 g/mol. The van der Waals surface area contributed by atoms with E-state index in [0.29, 0.717) is 29.9 Å². The van der Waals surface area contributed by atoms with Gasteiger partial charge in [0.05, 0.1) is 29.7 Å². The number of aromatic nitrogens is 3. The highest BCUT2D eigenvalue weighted by Gasteiger charge is 2.22. The number of fused-ring (bicyclic) bond motifs is 1. The van der Waals surface area contributed by atoms with Crippen LogP contribution in [0, 0.1) is 17.5 Å². The van der Waals surface area contributed by atoms with E-state index in [1.165, 1.54) is 24.3 Å². The van der Waals surface area contributed by atoms with E-state index in [2.05, 4.69) is 15.0 Å². The van der Waals surface area contributed by atoms with Crippen molar-refractivity contribution >= 4 is 16.6 Å². The molecule has 204 valence electrons. The Morgan fingerprint density at radius 1 is 0.925 bits per heavy atom. The molecule has 0 aliphatic carbocycles. The predicted molar refractivity (Wildman–Crippen MR) is 146 cm³/mol. The second kappa shape index (κ2) is 10.6. The molecule has 0 radical (unpaired) electrons. The van der Waals surface area contributed by atoms with Crippen LogP contribution in [0.4, 0.5) is 18.9 Å². The second-order valence-corrected chi connectivity index (χ2v) is 10.0. The topological polar surface area (TPSA) is 67.4 Å². The molecule has 6 rings (SSSR count). The van der Waals surface area contributed by atoms with Crippen LogP contribution < -0.4 is 10.3 Å². The Bertz CT molecular complexity index is 1740. The molecule has 0 saturated carbocycles. The van der Waals surface area contributed by atoms with Crippen molar-refractivity contribution in [2.45, 2.75) is 13.0 Å². The van der Waals surface area contributed by atoms with Gasteiger partial charge < -0.3 is 18.9 Å². The third-order valence-corrected chi connectivity index (χ3v) is 7.27. The SMILES string of the molecule is CN1CCN(c2cc3c(cc2F)c(=O)c(-c2noc(Cc4ccc(F)cc4)n2)cn3Cc2ccccc2F)CC1. The lowest BCUT2D eigenvalue weighted by molar-refractivity contribution is 0.312. The Morgan fingerprint density at radius 3 is 2.42 bits per heavy atom. The molecule has 40 heavy (non-hydrogen) atoms. The van der Waals surface area contributed by atoms with Crippen molar-refractivity contribution in [3.05, 3.63) is 112 Å². The number of halogens is 3. The highest BCUT2D eigenvalue weighted by molar-refractivity contribution is 5.86. The average Bonchev–Trinajstić information content (AvgIpc) is 3.41. The first-order valence-electron chi connectivity index (χ1n) is 13.0. The molecule has 1 aliphatic rings. The van der Waals surface area contributed by atoms with Crippen LogP contribution in [0.1, 0.15) is 17.0 Å². The number of likely N-dealkylation sites (N-methyl/N-ethyl adjacent to an activating group) is 1. The summed E-state index contributed by atoms with van der Waals surface area (Å²) in [4.78, 5) is 22.2. The molecular weight excluding hydrogens is 519 g/mol. The number of rotatable bonds is 6. The van der Waals surface area contributed by atoms with Crippen LogP contribution in [-0.4, -0.2) is 52.8 Å². The fraction of sp³-hybridized carbons (Fsp3) is 0.233. The van der Waals surface area contributed by atoms with Crippen LogP contribution in [0.25, 0.3) is 22.3 Å². The molecular formula is C30H26F3N5O2. The molecule has 3 aromatic carbocycles. The number of benzene rings is 3. The van der Waals surface area contributed by atoms with Gasteiger partial charge >= 0.3 is 0 Å². The third kappa shape index (κ3) is 5.10. The zero-order valence-corrected chi connectivity index (χ0v) is 21.8. The molecule has 1 saturated heterocycles. The van der Waals surface area contributed by atoms with Crippen molar-refractivity contribution in [2.75, 3.05) is 38.1 Å². The van der Waals surface area contributed by atoms with E-state index in [1.54, 1.807) is 47.2 Å². The maximum absolute atomic E-state index is 15.5. The number of pyridine rings is 1. The summed E-state index contributed by atoms with van der Waals surface area (Å²) < 4.78 is 50.5. The summed E-state index contributed by atoms with van der Waals surface area (Å²) in [6.07, 6.45) is 1.81. The number of hydrogen-bond acceptors (Lipinski definition) is 6. The van der Waals surface area contributed by atoms with Gasteiger partial charge in [-0.25, -0.2) is 13.2 Å². The van der Waals surface area contributed by atoms with E-state index in [1.807, 2.05) is 11.9 Å². The number of hydrogen-bond donors (Lipinski definition) is 0. The first-order valence-corrected chi connectivity index (χ1v) is 13.0. The van der Waals surface area contributed by atoms with Gasteiger partial charge in [-0.1, -0.05) is 35.5 Å². The van der Waals surface area contributed by atoms with Crippen LogP contribution in [0.2, 0.25) is 0 Å². The van der Waals surface area contributed by atoms with Crippen molar-refractivity contribution in [3.8, 4) is 11.4 Å². The lowest BCUT2D eigenvalue weighted by Gasteiger charge is -2.34. The molecule has 7 nitrogen and oxygen atoms in total. The van der Waals surface area contributed by atoms with Gasteiger partial charge in [0.1, 0.15) is 17.5 Å². The summed E-state index contributed by atoms with van der Waals surface area (Å²) in [6.45, 7) is 2.97. The minimum Gasteiger partial charge on any atom is -0.367 e. The number of anilines is 1. The van der Waals surface area contributed by atoms with Crippen molar-refractivity contribution < 1.29 is 17.7 Å². The Kier molecular flexibility index (Phi) is 6.85. The van der Waals surface area contributed by atoms with E-state index in [4.69, 9.17) is 4.52 Å². The molecule has 0 unspecified atom stereocenters. The molecule has 0 spiro atoms. The molecule has 0 atom stereocenters. The maximum Gasteiger partial charge on any atom is 0.231 e. The van der Waals surface area contributed by atoms with Crippen molar-refractivity contribution in [1.82, 2.24) is 19.6 Å². The second-order valence-electron chi connectivity index (χ2n) is 10.0. The Morgan fingerprint density at radius 2 is 1.68 bits per heavy atom. The van der Waals surface area contributed by atoms with Gasteiger partial charge in [0.25, 0.3) is 0 Å². The third-order valence-electron chi connectivity index (χ3n) is 7.27. The molecule has 3 heterocycles. The van der Waals surface area contributed by atoms with Gasteiger partial charge in [-0.3, -0.25) is 4.79 Å². The van der Waals surface area contributed by atoms with Crippen molar-refractivity contribution in [3.63, 3.8) is 0 Å². The van der Waals surface area contributed by atoms with Crippen LogP contribution >= 0.6 is 0 Å². The number of piperazine rings is 1. The lowest BCUT2D eigenvalue weighted by atomic mass is 10.1. The summed E-state index contributed by atoms with van der Waals surface area (Å²) in [5.74, 6) is -0.981. The first kappa shape index (κ1) is 25.8. The first-order chi connectivity index (χ1) is 19.4. The summed E-state index contributed by atoms with van der Waals surface area (Å²) in [5, 5.41) is 4.13. The largest absolute Gasteiger partial charge is 0.367 e. The minimum atomic E-state index is -0.506. The van der Waals surface area contributed by atoms with Gasteiger partial charge in [-0.05, 0) is 42.9 Å². The van der Waals surface area contributed by atoms with E-state index in [0.717, 1.165) is 18.7 Å². The standard InChI is InChI=1S/C30H26F3N5O2/c1-36-10-12-37(13-11-36)27-16-26-22(15-25(27)33)29(39)23(18-38(26)17-20-4-2-3-5-24(20)32)30-34-28(40-35-30)14-19-6-8-21(31)9-7-19/h2-9,15-16,18H,10-14,17H2,1H3. The van der Waals surface area contributed by atoms with Crippen molar-refractivity contribution in [2.24, 2.45) is 0 Å². The van der Waals surface area contributed by atoms with E-state index in [9.17, 15) is 13.6 Å². The zero-order valence-electron chi connectivity index (χ0n) is 21.8. The molecule has 0 N–H and O–H groups in total. The highest BCUT2D eigenvalue weighted by Crippen LogP contribution is 2.28. The highest BCUT2D eigenvalue weighted by atomic mass is 19.1. The van der Waals surface area contributed by atoms with Crippen LogP contribution in [0.3, 0.4) is 0 Å². The molecule has 1 aliphatic heterocycles. The molecule has 2 aromatic heterocycles. The van der Waals surface area contributed by atoms with Gasteiger partial charge in [-0.2, -0.15) is 4.98 Å². The fourth-order valence-electron chi connectivity index (χ4n) is 5.00. The van der Waals surface area contributed by atoms with Crippen LogP contribution in [-0.2, 0) is 13.0 Å².